The molecule has 0 rings (SSSR count). The van der Waals surface area contributed by atoms with Crippen molar-refractivity contribution in [3.8, 4) is 12.3 Å². The van der Waals surface area contributed by atoms with Gasteiger partial charge in [0.05, 0.1) is 6.61 Å². The van der Waals surface area contributed by atoms with E-state index in [9.17, 15) is 0 Å². The van der Waals surface area contributed by atoms with Crippen molar-refractivity contribution in [1.29, 1.82) is 0 Å². The molecule has 0 aromatic heterocycles. The molecule has 0 aliphatic rings. The average Bonchev–Trinajstić information content (AvgIpc) is 1.81. The number of hydrogen-bond donors (Lipinski definition) is 0. The van der Waals surface area contributed by atoms with E-state index in [0.717, 1.165) is 19.4 Å². The smallest absolute Gasteiger partial charge is 0.0622 e. The molecular weight excluding hydrogens is 120 g/mol. The minimum absolute atomic E-state index is 0.769. The summed E-state index contributed by atoms with van der Waals surface area (Å²) in [5, 5.41) is 0. The minimum Gasteiger partial charge on any atom is -0.316 e. The van der Waals surface area contributed by atoms with E-state index < -0.39 is 0 Å². The Morgan fingerprint density at radius 1 is 1.75 bits per heavy atom. The summed E-state index contributed by atoms with van der Waals surface area (Å²) < 4.78 is 4.96. The first-order valence-electron chi connectivity index (χ1n) is 2.51. The summed E-state index contributed by atoms with van der Waals surface area (Å²) in [6.07, 6.45) is 8.69. The number of rotatable bonds is 4. The van der Waals surface area contributed by atoms with Crippen LogP contribution in [0.25, 0.3) is 0 Å². The Labute approximate surface area is 55.0 Å². The van der Waals surface area contributed by atoms with Gasteiger partial charge in [-0.25, -0.2) is 0 Å². The highest BCUT2D eigenvalue weighted by Gasteiger charge is 1.81. The standard InChI is InChI=1S/C6H10OS/c1-3-4-5-6-7-8-2/h1H,4-6H2,2H3. The molecule has 0 saturated heterocycles. The Morgan fingerprint density at radius 2 is 2.50 bits per heavy atom. The quantitative estimate of drug-likeness (QED) is 0.325. The normalized spacial score (nSPS) is 8.50. The maximum atomic E-state index is 5.00. The zero-order valence-corrected chi connectivity index (χ0v) is 5.83. The first kappa shape index (κ1) is 7.87. The third-order valence-corrected chi connectivity index (χ3v) is 1.07. The lowest BCUT2D eigenvalue weighted by atomic mass is 10.3. The topological polar surface area (TPSA) is 9.23 Å². The van der Waals surface area contributed by atoms with Gasteiger partial charge in [-0.3, -0.25) is 0 Å². The minimum atomic E-state index is 0.769. The highest BCUT2D eigenvalue weighted by molar-refractivity contribution is 7.93. The molecule has 46 valence electrons. The van der Waals surface area contributed by atoms with Gasteiger partial charge in [-0.15, -0.1) is 12.3 Å². The van der Waals surface area contributed by atoms with Gasteiger partial charge in [0.2, 0.25) is 0 Å². The Hall–Kier alpha value is -0.130. The van der Waals surface area contributed by atoms with Crippen LogP contribution in [0.1, 0.15) is 12.8 Å². The van der Waals surface area contributed by atoms with Crippen LogP contribution in [0.5, 0.6) is 0 Å². The molecule has 0 bridgehead atoms. The second-order valence-electron chi connectivity index (χ2n) is 1.30. The molecule has 0 aliphatic carbocycles. The molecule has 0 aromatic carbocycles. The van der Waals surface area contributed by atoms with Gasteiger partial charge in [-0.2, -0.15) is 0 Å². The Morgan fingerprint density at radius 3 is 3.00 bits per heavy atom. The van der Waals surface area contributed by atoms with Crippen LogP contribution in [0.3, 0.4) is 0 Å². The maximum Gasteiger partial charge on any atom is 0.0622 e. The number of unbranched alkanes of at least 4 members (excludes halogenated alkanes) is 1. The number of terminal acetylenes is 1. The summed E-state index contributed by atoms with van der Waals surface area (Å²) in [5.41, 5.74) is 0. The summed E-state index contributed by atoms with van der Waals surface area (Å²) in [6, 6.07) is 0. The van der Waals surface area contributed by atoms with Gasteiger partial charge < -0.3 is 4.18 Å². The van der Waals surface area contributed by atoms with Crippen molar-refractivity contribution in [1.82, 2.24) is 0 Å². The van der Waals surface area contributed by atoms with Gasteiger partial charge in [-0.05, 0) is 18.5 Å². The van der Waals surface area contributed by atoms with Crippen LogP contribution in [-0.4, -0.2) is 12.9 Å². The zero-order chi connectivity index (χ0) is 6.24. The molecule has 0 radical (unpaired) electrons. The fourth-order valence-corrected chi connectivity index (χ4v) is 0.601. The summed E-state index contributed by atoms with van der Waals surface area (Å²) in [5.74, 6) is 2.54. The molecule has 1 nitrogen and oxygen atoms in total. The van der Waals surface area contributed by atoms with Crippen molar-refractivity contribution in [2.75, 3.05) is 12.9 Å². The van der Waals surface area contributed by atoms with Crippen LogP contribution in [0, 0.1) is 12.3 Å². The van der Waals surface area contributed by atoms with E-state index in [1.54, 1.807) is 0 Å². The lowest BCUT2D eigenvalue weighted by Gasteiger charge is -1.92. The van der Waals surface area contributed by atoms with E-state index >= 15 is 0 Å². The highest BCUT2D eigenvalue weighted by atomic mass is 32.2. The fraction of sp³-hybridized carbons (Fsp3) is 0.667. The van der Waals surface area contributed by atoms with Crippen LogP contribution < -0.4 is 0 Å². The van der Waals surface area contributed by atoms with Gasteiger partial charge in [0.1, 0.15) is 0 Å². The van der Waals surface area contributed by atoms with E-state index in [1.807, 2.05) is 6.26 Å². The van der Waals surface area contributed by atoms with Crippen molar-refractivity contribution in [2.45, 2.75) is 12.8 Å². The molecule has 0 amide bonds. The second kappa shape index (κ2) is 6.87. The zero-order valence-electron chi connectivity index (χ0n) is 5.02. The lowest BCUT2D eigenvalue weighted by molar-refractivity contribution is 0.369. The Kier molecular flexibility index (Phi) is 6.76. The van der Waals surface area contributed by atoms with Crippen LogP contribution in [-0.2, 0) is 4.18 Å². The molecule has 0 unspecified atom stereocenters. The molecule has 2 heteroatoms. The first-order valence-corrected chi connectivity index (χ1v) is 3.66. The summed E-state index contributed by atoms with van der Waals surface area (Å²) in [6.45, 7) is 0.769. The van der Waals surface area contributed by atoms with Crippen molar-refractivity contribution in [3.05, 3.63) is 0 Å². The Bertz CT molecular complexity index is 75.1. The monoisotopic (exact) mass is 130 g/mol. The molecule has 0 saturated carbocycles. The van der Waals surface area contributed by atoms with Gasteiger partial charge in [0.25, 0.3) is 0 Å². The summed E-state index contributed by atoms with van der Waals surface area (Å²) in [4.78, 5) is 0. The summed E-state index contributed by atoms with van der Waals surface area (Å²) in [7, 11) is 0. The van der Waals surface area contributed by atoms with Crippen LogP contribution >= 0.6 is 12.0 Å². The van der Waals surface area contributed by atoms with Crippen LogP contribution in [0.4, 0.5) is 0 Å². The first-order chi connectivity index (χ1) is 3.91. The number of hydrogen-bond acceptors (Lipinski definition) is 2. The Balaban J connectivity index is 2.65. The average molecular weight is 130 g/mol. The molecule has 0 aromatic rings. The molecule has 0 spiro atoms. The molecule has 8 heavy (non-hydrogen) atoms. The van der Waals surface area contributed by atoms with E-state index in [0.29, 0.717) is 0 Å². The van der Waals surface area contributed by atoms with Gasteiger partial charge >= 0.3 is 0 Å². The highest BCUT2D eigenvalue weighted by Crippen LogP contribution is 1.96. The molecule has 0 aliphatic heterocycles. The van der Waals surface area contributed by atoms with Crippen molar-refractivity contribution in [3.63, 3.8) is 0 Å². The van der Waals surface area contributed by atoms with Gasteiger partial charge in [0.15, 0.2) is 0 Å². The third kappa shape index (κ3) is 5.87. The fourth-order valence-electron chi connectivity index (χ4n) is 0.316. The predicted octanol–water partition coefficient (Wildman–Crippen LogP) is 1.69. The van der Waals surface area contributed by atoms with Crippen molar-refractivity contribution >= 4 is 12.0 Å². The van der Waals surface area contributed by atoms with E-state index in [-0.39, 0.29) is 0 Å². The largest absolute Gasteiger partial charge is 0.316 e. The summed E-state index contributed by atoms with van der Waals surface area (Å²) >= 11 is 1.38. The molecular formula is C6H10OS. The maximum absolute atomic E-state index is 5.00. The van der Waals surface area contributed by atoms with Gasteiger partial charge in [0, 0.05) is 12.7 Å². The van der Waals surface area contributed by atoms with Crippen LogP contribution in [0.2, 0.25) is 0 Å². The molecule has 0 fully saturated rings. The van der Waals surface area contributed by atoms with Crippen LogP contribution in [0.15, 0.2) is 0 Å². The van der Waals surface area contributed by atoms with Crippen molar-refractivity contribution in [2.24, 2.45) is 0 Å². The van der Waals surface area contributed by atoms with Crippen molar-refractivity contribution < 1.29 is 4.18 Å². The van der Waals surface area contributed by atoms with E-state index in [1.165, 1.54) is 12.0 Å². The molecule has 0 atom stereocenters. The predicted molar refractivity (Wildman–Crippen MR) is 37.5 cm³/mol. The lowest BCUT2D eigenvalue weighted by Crippen LogP contribution is -1.83. The third-order valence-electron chi connectivity index (χ3n) is 0.667. The molecule has 0 N–H and O–H groups in total. The van der Waals surface area contributed by atoms with E-state index in [2.05, 4.69) is 5.92 Å². The van der Waals surface area contributed by atoms with Gasteiger partial charge in [-0.1, -0.05) is 0 Å². The molecule has 0 heterocycles. The second-order valence-corrected chi connectivity index (χ2v) is 1.87. The van der Waals surface area contributed by atoms with E-state index in [4.69, 9.17) is 10.6 Å². The SMILES string of the molecule is C#CCCCOSC.